The quantitative estimate of drug-likeness (QED) is 0.878. The van der Waals surface area contributed by atoms with E-state index in [4.69, 9.17) is 0 Å². The second-order valence-electron chi connectivity index (χ2n) is 6.11. The van der Waals surface area contributed by atoms with Crippen LogP contribution in [0.3, 0.4) is 0 Å². The molecule has 5 heteroatoms. The molecule has 2 saturated heterocycles. The van der Waals surface area contributed by atoms with E-state index < -0.39 is 0 Å². The van der Waals surface area contributed by atoms with Crippen molar-refractivity contribution in [3.05, 3.63) is 28.2 Å². The van der Waals surface area contributed by atoms with Crippen LogP contribution in [0.1, 0.15) is 18.4 Å². The standard InChI is InChI=1S/C16H22BrN3O/c1-11-7-13(17)4-5-14(11)19-16(21)10-20-6-2-3-12-8-18-9-15(12)20/h4-5,7,12,15,18H,2-3,6,8-10H2,1H3,(H,19,21). The van der Waals surface area contributed by atoms with Gasteiger partial charge in [-0.05, 0) is 62.5 Å². The molecule has 0 aromatic heterocycles. The topological polar surface area (TPSA) is 44.4 Å². The van der Waals surface area contributed by atoms with Gasteiger partial charge < -0.3 is 10.6 Å². The third-order valence-corrected chi connectivity index (χ3v) is 5.10. The zero-order valence-corrected chi connectivity index (χ0v) is 13.9. The fourth-order valence-corrected chi connectivity index (χ4v) is 3.98. The predicted octanol–water partition coefficient (Wildman–Crippen LogP) is 2.38. The predicted molar refractivity (Wildman–Crippen MR) is 88.5 cm³/mol. The van der Waals surface area contributed by atoms with Gasteiger partial charge in [0.25, 0.3) is 0 Å². The van der Waals surface area contributed by atoms with Crippen molar-refractivity contribution in [3.8, 4) is 0 Å². The number of nitrogens with zero attached hydrogens (tertiary/aromatic N) is 1. The van der Waals surface area contributed by atoms with Crippen LogP contribution in [0, 0.1) is 12.8 Å². The summed E-state index contributed by atoms with van der Waals surface area (Å²) in [5.41, 5.74) is 1.98. The summed E-state index contributed by atoms with van der Waals surface area (Å²) in [6.45, 7) is 5.68. The van der Waals surface area contributed by atoms with Crippen molar-refractivity contribution in [1.29, 1.82) is 0 Å². The van der Waals surface area contributed by atoms with Crippen molar-refractivity contribution < 1.29 is 4.79 Å². The van der Waals surface area contributed by atoms with Crippen LogP contribution in [-0.4, -0.2) is 43.0 Å². The number of likely N-dealkylation sites (tertiary alicyclic amines) is 1. The highest BCUT2D eigenvalue weighted by Crippen LogP contribution is 2.26. The molecule has 0 saturated carbocycles. The fraction of sp³-hybridized carbons (Fsp3) is 0.562. The number of benzene rings is 1. The van der Waals surface area contributed by atoms with E-state index in [2.05, 4.69) is 31.5 Å². The third kappa shape index (κ3) is 3.47. The molecule has 114 valence electrons. The Kier molecular flexibility index (Phi) is 4.62. The molecule has 0 spiro atoms. The summed E-state index contributed by atoms with van der Waals surface area (Å²) in [6.07, 6.45) is 2.50. The average molecular weight is 352 g/mol. The number of amides is 1. The van der Waals surface area contributed by atoms with Crippen LogP contribution in [0.5, 0.6) is 0 Å². The number of anilines is 1. The molecule has 1 amide bonds. The summed E-state index contributed by atoms with van der Waals surface area (Å²) in [7, 11) is 0. The van der Waals surface area contributed by atoms with Crippen LogP contribution in [0.4, 0.5) is 5.69 Å². The number of aryl methyl sites for hydroxylation is 1. The second kappa shape index (κ2) is 6.46. The molecule has 3 rings (SSSR count). The van der Waals surface area contributed by atoms with E-state index in [1.165, 1.54) is 12.8 Å². The Morgan fingerprint density at radius 1 is 1.48 bits per heavy atom. The van der Waals surface area contributed by atoms with Gasteiger partial charge in [-0.15, -0.1) is 0 Å². The highest BCUT2D eigenvalue weighted by Gasteiger charge is 2.35. The first-order valence-corrected chi connectivity index (χ1v) is 8.43. The van der Waals surface area contributed by atoms with E-state index in [1.807, 2.05) is 25.1 Å². The largest absolute Gasteiger partial charge is 0.325 e. The van der Waals surface area contributed by atoms with Gasteiger partial charge in [0, 0.05) is 22.7 Å². The number of rotatable bonds is 3. The lowest BCUT2D eigenvalue weighted by atomic mass is 9.92. The molecular weight excluding hydrogens is 330 g/mol. The van der Waals surface area contributed by atoms with Crippen LogP contribution in [0.15, 0.2) is 22.7 Å². The van der Waals surface area contributed by atoms with Gasteiger partial charge in [-0.25, -0.2) is 0 Å². The van der Waals surface area contributed by atoms with Crippen molar-refractivity contribution in [2.45, 2.75) is 25.8 Å². The minimum Gasteiger partial charge on any atom is -0.325 e. The van der Waals surface area contributed by atoms with Crippen LogP contribution in [0.2, 0.25) is 0 Å². The van der Waals surface area contributed by atoms with Gasteiger partial charge in [-0.3, -0.25) is 9.69 Å². The molecule has 2 heterocycles. The Hall–Kier alpha value is -0.910. The number of carbonyl (C=O) groups excluding carboxylic acids is 1. The molecule has 0 bridgehead atoms. The Bertz CT molecular complexity index is 534. The number of nitrogens with one attached hydrogen (secondary N) is 2. The summed E-state index contributed by atoms with van der Waals surface area (Å²) in [5.74, 6) is 0.814. The van der Waals surface area contributed by atoms with Gasteiger partial charge >= 0.3 is 0 Å². The number of hydrogen-bond donors (Lipinski definition) is 2. The van der Waals surface area contributed by atoms with E-state index in [9.17, 15) is 4.79 Å². The Labute approximate surface area is 134 Å². The molecule has 0 radical (unpaired) electrons. The fourth-order valence-electron chi connectivity index (χ4n) is 3.50. The van der Waals surface area contributed by atoms with Crippen LogP contribution >= 0.6 is 15.9 Å². The summed E-state index contributed by atoms with van der Waals surface area (Å²) in [5, 5.41) is 6.50. The zero-order valence-electron chi connectivity index (χ0n) is 12.4. The van der Waals surface area contributed by atoms with Crippen LogP contribution in [-0.2, 0) is 4.79 Å². The summed E-state index contributed by atoms with van der Waals surface area (Å²) >= 11 is 3.44. The Balaban J connectivity index is 1.61. The minimum atomic E-state index is 0.0907. The number of piperidine rings is 1. The maximum Gasteiger partial charge on any atom is 0.238 e. The molecule has 2 aliphatic heterocycles. The lowest BCUT2D eigenvalue weighted by Gasteiger charge is -2.36. The van der Waals surface area contributed by atoms with Gasteiger partial charge in [-0.1, -0.05) is 15.9 Å². The third-order valence-electron chi connectivity index (χ3n) is 4.60. The van der Waals surface area contributed by atoms with Gasteiger partial charge in [-0.2, -0.15) is 0 Å². The molecule has 0 aliphatic carbocycles. The van der Waals surface area contributed by atoms with E-state index in [0.717, 1.165) is 41.3 Å². The molecule has 1 aromatic carbocycles. The normalized spacial score (nSPS) is 25.6. The van der Waals surface area contributed by atoms with E-state index in [0.29, 0.717) is 12.6 Å². The van der Waals surface area contributed by atoms with E-state index >= 15 is 0 Å². The smallest absolute Gasteiger partial charge is 0.238 e. The SMILES string of the molecule is Cc1cc(Br)ccc1NC(=O)CN1CCCC2CNCC21. The van der Waals surface area contributed by atoms with E-state index in [-0.39, 0.29) is 5.91 Å². The first kappa shape index (κ1) is 15.0. The zero-order chi connectivity index (χ0) is 14.8. The Morgan fingerprint density at radius 2 is 2.33 bits per heavy atom. The van der Waals surface area contributed by atoms with Crippen molar-refractivity contribution in [3.63, 3.8) is 0 Å². The lowest BCUT2D eigenvalue weighted by molar-refractivity contribution is -0.118. The molecule has 21 heavy (non-hydrogen) atoms. The minimum absolute atomic E-state index is 0.0907. The average Bonchev–Trinajstić information content (AvgIpc) is 2.91. The molecule has 2 N–H and O–H groups in total. The van der Waals surface area contributed by atoms with Crippen LogP contribution < -0.4 is 10.6 Å². The molecule has 4 nitrogen and oxygen atoms in total. The highest BCUT2D eigenvalue weighted by molar-refractivity contribution is 9.10. The molecular formula is C16H22BrN3O. The van der Waals surface area contributed by atoms with Crippen LogP contribution in [0.25, 0.3) is 0 Å². The Morgan fingerprint density at radius 3 is 3.14 bits per heavy atom. The molecule has 2 atom stereocenters. The lowest BCUT2D eigenvalue weighted by Crippen LogP contribution is -2.48. The monoisotopic (exact) mass is 351 g/mol. The van der Waals surface area contributed by atoms with Crippen molar-refractivity contribution >= 4 is 27.5 Å². The summed E-state index contributed by atoms with van der Waals surface area (Å²) < 4.78 is 1.04. The maximum absolute atomic E-state index is 12.3. The van der Waals surface area contributed by atoms with Gasteiger partial charge in [0.2, 0.25) is 5.91 Å². The van der Waals surface area contributed by atoms with Crippen molar-refractivity contribution in [2.24, 2.45) is 5.92 Å². The number of hydrogen-bond acceptors (Lipinski definition) is 3. The maximum atomic E-state index is 12.3. The first-order valence-electron chi connectivity index (χ1n) is 7.64. The van der Waals surface area contributed by atoms with Crippen molar-refractivity contribution in [1.82, 2.24) is 10.2 Å². The summed E-state index contributed by atoms with van der Waals surface area (Å²) in [4.78, 5) is 14.7. The molecule has 2 fully saturated rings. The summed E-state index contributed by atoms with van der Waals surface area (Å²) in [6, 6.07) is 6.47. The first-order chi connectivity index (χ1) is 10.1. The van der Waals surface area contributed by atoms with Crippen molar-refractivity contribution in [2.75, 3.05) is 31.5 Å². The second-order valence-corrected chi connectivity index (χ2v) is 7.02. The molecule has 2 unspecified atom stereocenters. The highest BCUT2D eigenvalue weighted by atomic mass is 79.9. The number of fused-ring (bicyclic) bond motifs is 1. The van der Waals surface area contributed by atoms with Gasteiger partial charge in [0.05, 0.1) is 6.54 Å². The molecule has 1 aromatic rings. The van der Waals surface area contributed by atoms with Gasteiger partial charge in [0.1, 0.15) is 0 Å². The van der Waals surface area contributed by atoms with E-state index in [1.54, 1.807) is 0 Å². The number of carbonyl (C=O) groups is 1. The molecule has 2 aliphatic rings. The number of halogens is 1. The van der Waals surface area contributed by atoms with Gasteiger partial charge in [0.15, 0.2) is 0 Å².